The summed E-state index contributed by atoms with van der Waals surface area (Å²) in [6.45, 7) is 1.33. The topological polar surface area (TPSA) is 84.0 Å². The summed E-state index contributed by atoms with van der Waals surface area (Å²) in [5.74, 6) is -1.27. The fourth-order valence-corrected chi connectivity index (χ4v) is 3.44. The number of imide groups is 2. The predicted octanol–water partition coefficient (Wildman–Crippen LogP) is 2.13. The summed E-state index contributed by atoms with van der Waals surface area (Å²) in [7, 11) is 1.47. The summed E-state index contributed by atoms with van der Waals surface area (Å²) >= 11 is 0. The van der Waals surface area contributed by atoms with Gasteiger partial charge in [0.2, 0.25) is 0 Å². The van der Waals surface area contributed by atoms with Crippen LogP contribution in [-0.2, 0) is 16.1 Å². The maximum absolute atomic E-state index is 12.6. The van der Waals surface area contributed by atoms with E-state index in [1.807, 2.05) is 0 Å². The lowest BCUT2D eigenvalue weighted by Crippen LogP contribution is -2.39. The number of benzene rings is 1. The van der Waals surface area contributed by atoms with Gasteiger partial charge in [-0.1, -0.05) is 12.8 Å². The molecule has 0 atom stereocenters. The average Bonchev–Trinajstić information content (AvgIpc) is 3.18. The molecule has 0 radical (unpaired) electrons. The highest BCUT2D eigenvalue weighted by molar-refractivity contribution is 6.44. The summed E-state index contributed by atoms with van der Waals surface area (Å²) in [6.07, 6.45) is 3.37. The summed E-state index contributed by atoms with van der Waals surface area (Å²) < 4.78 is 5.26. The molecule has 3 rings (SSSR count). The molecule has 0 unspecified atom stereocenters. The fourth-order valence-electron chi connectivity index (χ4n) is 3.44. The van der Waals surface area contributed by atoms with Gasteiger partial charge in [0.15, 0.2) is 5.78 Å². The first-order chi connectivity index (χ1) is 11.9. The minimum atomic E-state index is -0.827. The Hall–Kier alpha value is -2.70. The minimum Gasteiger partial charge on any atom is -0.496 e. The van der Waals surface area contributed by atoms with Gasteiger partial charge in [0.1, 0.15) is 5.75 Å². The Kier molecular flexibility index (Phi) is 4.57. The van der Waals surface area contributed by atoms with Gasteiger partial charge < -0.3 is 4.74 Å². The molecular weight excluding hydrogens is 324 g/mol. The lowest BCUT2D eigenvalue weighted by Gasteiger charge is -2.21. The van der Waals surface area contributed by atoms with Crippen LogP contribution in [0, 0.1) is 0 Å². The van der Waals surface area contributed by atoms with Crippen molar-refractivity contribution in [2.45, 2.75) is 45.2 Å². The van der Waals surface area contributed by atoms with Crippen LogP contribution in [0.5, 0.6) is 5.75 Å². The van der Waals surface area contributed by atoms with Gasteiger partial charge >= 0.3 is 17.8 Å². The van der Waals surface area contributed by atoms with Crippen molar-refractivity contribution in [2.75, 3.05) is 7.11 Å². The van der Waals surface area contributed by atoms with E-state index < -0.39 is 17.8 Å². The Balaban J connectivity index is 1.88. The molecule has 4 amide bonds. The number of ether oxygens (including phenoxy) is 1. The van der Waals surface area contributed by atoms with Crippen LogP contribution in [0.15, 0.2) is 18.2 Å². The summed E-state index contributed by atoms with van der Waals surface area (Å²) in [5, 5.41) is 0. The first-order valence-electron chi connectivity index (χ1n) is 8.31. The van der Waals surface area contributed by atoms with Crippen molar-refractivity contribution in [1.29, 1.82) is 0 Å². The molecule has 7 heteroatoms. The van der Waals surface area contributed by atoms with E-state index in [2.05, 4.69) is 0 Å². The number of hydrogen-bond acceptors (Lipinski definition) is 5. The molecule has 0 aromatic heterocycles. The highest BCUT2D eigenvalue weighted by Crippen LogP contribution is 2.30. The Labute approximate surface area is 145 Å². The molecular formula is C18H20N2O5. The van der Waals surface area contributed by atoms with Crippen molar-refractivity contribution >= 4 is 23.6 Å². The van der Waals surface area contributed by atoms with E-state index in [1.165, 1.54) is 14.0 Å². The number of urea groups is 1. The van der Waals surface area contributed by atoms with Gasteiger partial charge in [-0.3, -0.25) is 24.2 Å². The van der Waals surface area contributed by atoms with E-state index in [0.29, 0.717) is 16.9 Å². The molecule has 0 N–H and O–H groups in total. The molecule has 1 aliphatic carbocycles. The molecule has 1 aromatic carbocycles. The van der Waals surface area contributed by atoms with Crippen LogP contribution in [0.2, 0.25) is 0 Å². The Morgan fingerprint density at radius 1 is 1.16 bits per heavy atom. The lowest BCUT2D eigenvalue weighted by atomic mass is 10.1. The third-order valence-corrected chi connectivity index (χ3v) is 4.79. The van der Waals surface area contributed by atoms with E-state index in [-0.39, 0.29) is 18.4 Å². The number of nitrogens with zero attached hydrogens (tertiary/aromatic N) is 2. The van der Waals surface area contributed by atoms with Crippen molar-refractivity contribution in [2.24, 2.45) is 0 Å². The standard InChI is InChI=1S/C18H20N2O5/c1-11(21)12-7-8-15(25-2)13(9-12)10-19-16(22)17(23)20(18(19)24)14-5-3-4-6-14/h7-9,14H,3-6,10H2,1-2H3. The number of hydrogen-bond donors (Lipinski definition) is 0. The van der Waals surface area contributed by atoms with Gasteiger partial charge in [0, 0.05) is 17.2 Å². The number of methoxy groups -OCH3 is 1. The van der Waals surface area contributed by atoms with Gasteiger partial charge in [-0.2, -0.15) is 0 Å². The summed E-state index contributed by atoms with van der Waals surface area (Å²) in [4.78, 5) is 50.8. The van der Waals surface area contributed by atoms with Crippen LogP contribution >= 0.6 is 0 Å². The largest absolute Gasteiger partial charge is 0.496 e. The number of rotatable bonds is 5. The fraction of sp³-hybridized carbons (Fsp3) is 0.444. The molecule has 2 aliphatic rings. The summed E-state index contributed by atoms with van der Waals surface area (Å²) in [5.41, 5.74) is 0.965. The molecule has 1 saturated heterocycles. The number of ketones is 1. The highest BCUT2D eigenvalue weighted by Gasteiger charge is 2.48. The smallest absolute Gasteiger partial charge is 0.334 e. The predicted molar refractivity (Wildman–Crippen MR) is 88.0 cm³/mol. The van der Waals surface area contributed by atoms with Crippen molar-refractivity contribution in [1.82, 2.24) is 9.80 Å². The van der Waals surface area contributed by atoms with Gasteiger partial charge in [0.05, 0.1) is 13.7 Å². The van der Waals surface area contributed by atoms with E-state index in [0.717, 1.165) is 35.5 Å². The first kappa shape index (κ1) is 17.1. The highest BCUT2D eigenvalue weighted by atomic mass is 16.5. The van der Waals surface area contributed by atoms with Crippen molar-refractivity contribution in [3.63, 3.8) is 0 Å². The van der Waals surface area contributed by atoms with Crippen LogP contribution < -0.4 is 4.74 Å². The van der Waals surface area contributed by atoms with Crippen molar-refractivity contribution in [3.8, 4) is 5.75 Å². The third kappa shape index (κ3) is 3.01. The van der Waals surface area contributed by atoms with Gasteiger partial charge in [0.25, 0.3) is 0 Å². The van der Waals surface area contributed by atoms with Crippen LogP contribution in [0.4, 0.5) is 4.79 Å². The van der Waals surface area contributed by atoms with E-state index in [9.17, 15) is 19.2 Å². The Morgan fingerprint density at radius 3 is 2.44 bits per heavy atom. The number of carbonyl (C=O) groups excluding carboxylic acids is 4. The van der Waals surface area contributed by atoms with Crippen LogP contribution in [-0.4, -0.2) is 46.6 Å². The number of Topliss-reactive ketones (excluding diaryl/α,β-unsaturated/α-hetero) is 1. The molecule has 1 heterocycles. The zero-order chi connectivity index (χ0) is 18.1. The second-order valence-corrected chi connectivity index (χ2v) is 6.37. The van der Waals surface area contributed by atoms with Crippen LogP contribution in [0.3, 0.4) is 0 Å². The molecule has 25 heavy (non-hydrogen) atoms. The zero-order valence-corrected chi connectivity index (χ0v) is 14.3. The Bertz CT molecular complexity index is 752. The molecule has 1 aromatic rings. The number of amides is 4. The quantitative estimate of drug-likeness (QED) is 0.464. The minimum absolute atomic E-state index is 0.100. The summed E-state index contributed by atoms with van der Waals surface area (Å²) in [6, 6.07) is 4.04. The molecule has 2 fully saturated rings. The van der Waals surface area contributed by atoms with Crippen LogP contribution in [0.25, 0.3) is 0 Å². The molecule has 7 nitrogen and oxygen atoms in total. The van der Waals surface area contributed by atoms with Gasteiger partial charge in [-0.15, -0.1) is 0 Å². The molecule has 0 bridgehead atoms. The van der Waals surface area contributed by atoms with E-state index in [1.54, 1.807) is 18.2 Å². The van der Waals surface area contributed by atoms with E-state index >= 15 is 0 Å². The van der Waals surface area contributed by atoms with Gasteiger partial charge in [-0.25, -0.2) is 4.79 Å². The Morgan fingerprint density at radius 2 is 1.84 bits per heavy atom. The third-order valence-electron chi connectivity index (χ3n) is 4.79. The first-order valence-corrected chi connectivity index (χ1v) is 8.31. The maximum Gasteiger partial charge on any atom is 0.334 e. The van der Waals surface area contributed by atoms with E-state index in [4.69, 9.17) is 4.74 Å². The zero-order valence-electron chi connectivity index (χ0n) is 14.3. The molecule has 1 saturated carbocycles. The number of carbonyl (C=O) groups is 4. The molecule has 0 spiro atoms. The monoisotopic (exact) mass is 344 g/mol. The maximum atomic E-state index is 12.6. The SMILES string of the molecule is COc1ccc(C(C)=O)cc1CN1C(=O)C(=O)N(C2CCCC2)C1=O. The van der Waals surface area contributed by atoms with Gasteiger partial charge in [-0.05, 0) is 38.0 Å². The molecule has 1 aliphatic heterocycles. The van der Waals surface area contributed by atoms with Crippen LogP contribution in [0.1, 0.15) is 48.5 Å². The molecule has 132 valence electrons. The normalized spacial score (nSPS) is 18.4. The average molecular weight is 344 g/mol. The lowest BCUT2D eigenvalue weighted by molar-refractivity contribution is -0.144. The van der Waals surface area contributed by atoms with Crippen molar-refractivity contribution < 1.29 is 23.9 Å². The van der Waals surface area contributed by atoms with Crippen molar-refractivity contribution in [3.05, 3.63) is 29.3 Å². The second kappa shape index (κ2) is 6.66. The second-order valence-electron chi connectivity index (χ2n) is 6.37.